The molecule has 0 bridgehead atoms. The summed E-state index contributed by atoms with van der Waals surface area (Å²) in [6.07, 6.45) is -3.86. The zero-order valence-electron chi connectivity index (χ0n) is 13.8. The van der Waals surface area contributed by atoms with Gasteiger partial charge in [0.25, 0.3) is 5.91 Å². The van der Waals surface area contributed by atoms with Crippen molar-refractivity contribution in [3.05, 3.63) is 70.0 Å². The second kappa shape index (κ2) is 7.25. The summed E-state index contributed by atoms with van der Waals surface area (Å²) in [5.41, 5.74) is -0.198. The van der Waals surface area contributed by atoms with Gasteiger partial charge >= 0.3 is 6.18 Å². The van der Waals surface area contributed by atoms with E-state index in [-0.39, 0.29) is 0 Å². The summed E-state index contributed by atoms with van der Waals surface area (Å²) in [6.45, 7) is 0. The standard InChI is InChI=1S/C18H12Cl2F3N3O/c1-26(17(27)13-9-24-25-16(13)18(21,22)23)15-5-3-2-4-12(15)11-7-6-10(19)8-14(11)20/h2-9H,1H3,(H,24,25). The maximum Gasteiger partial charge on any atom is 0.433 e. The van der Waals surface area contributed by atoms with E-state index in [1.54, 1.807) is 42.5 Å². The summed E-state index contributed by atoms with van der Waals surface area (Å²) < 4.78 is 39.2. The van der Waals surface area contributed by atoms with Crippen LogP contribution in [-0.2, 0) is 6.18 Å². The molecule has 0 atom stereocenters. The van der Waals surface area contributed by atoms with Crippen molar-refractivity contribution in [1.82, 2.24) is 10.2 Å². The number of halogens is 5. The summed E-state index contributed by atoms with van der Waals surface area (Å²) in [7, 11) is 1.39. The normalized spacial score (nSPS) is 11.5. The Morgan fingerprint density at radius 3 is 2.48 bits per heavy atom. The second-order valence-electron chi connectivity index (χ2n) is 5.66. The quantitative estimate of drug-likeness (QED) is 0.600. The van der Waals surface area contributed by atoms with E-state index in [9.17, 15) is 18.0 Å². The van der Waals surface area contributed by atoms with Crippen molar-refractivity contribution in [2.45, 2.75) is 6.18 Å². The Balaban J connectivity index is 2.05. The van der Waals surface area contributed by atoms with Gasteiger partial charge in [0.1, 0.15) is 0 Å². The molecule has 0 aliphatic heterocycles. The van der Waals surface area contributed by atoms with Crippen LogP contribution >= 0.6 is 23.2 Å². The van der Waals surface area contributed by atoms with E-state index in [0.717, 1.165) is 11.1 Å². The average Bonchev–Trinajstić information content (AvgIpc) is 3.11. The van der Waals surface area contributed by atoms with Crippen molar-refractivity contribution in [1.29, 1.82) is 0 Å². The topological polar surface area (TPSA) is 49.0 Å². The van der Waals surface area contributed by atoms with Crippen LogP contribution in [0.15, 0.2) is 48.7 Å². The van der Waals surface area contributed by atoms with Crippen LogP contribution in [0.1, 0.15) is 16.1 Å². The SMILES string of the molecule is CN(C(=O)c1cn[nH]c1C(F)(F)F)c1ccccc1-c1ccc(Cl)cc1Cl. The maximum atomic E-state index is 13.1. The highest BCUT2D eigenvalue weighted by atomic mass is 35.5. The summed E-state index contributed by atoms with van der Waals surface area (Å²) in [6, 6.07) is 11.6. The van der Waals surface area contributed by atoms with Gasteiger partial charge < -0.3 is 4.90 Å². The summed E-state index contributed by atoms with van der Waals surface area (Å²) in [4.78, 5) is 13.8. The van der Waals surface area contributed by atoms with Gasteiger partial charge in [-0.2, -0.15) is 18.3 Å². The number of carbonyl (C=O) groups excluding carboxylic acids is 1. The first kappa shape index (κ1) is 19.3. The predicted molar refractivity (Wildman–Crippen MR) is 98.2 cm³/mol. The molecule has 1 heterocycles. The minimum Gasteiger partial charge on any atom is -0.311 e. The van der Waals surface area contributed by atoms with Crippen molar-refractivity contribution in [3.8, 4) is 11.1 Å². The highest BCUT2D eigenvalue weighted by molar-refractivity contribution is 6.36. The summed E-state index contributed by atoms with van der Waals surface area (Å²) >= 11 is 12.2. The zero-order valence-corrected chi connectivity index (χ0v) is 15.3. The Morgan fingerprint density at radius 2 is 1.81 bits per heavy atom. The lowest BCUT2D eigenvalue weighted by molar-refractivity contribution is -0.141. The van der Waals surface area contributed by atoms with Crippen LogP contribution in [0, 0.1) is 0 Å². The zero-order chi connectivity index (χ0) is 19.8. The number of nitrogens with one attached hydrogen (secondary N) is 1. The lowest BCUT2D eigenvalue weighted by Crippen LogP contribution is -2.28. The number of benzene rings is 2. The van der Waals surface area contributed by atoms with Crippen LogP contribution in [0.25, 0.3) is 11.1 Å². The van der Waals surface area contributed by atoms with Crippen LogP contribution < -0.4 is 4.90 Å². The van der Waals surface area contributed by atoms with Gasteiger partial charge in [0.15, 0.2) is 5.69 Å². The Morgan fingerprint density at radius 1 is 1.11 bits per heavy atom. The molecule has 0 radical (unpaired) electrons. The third kappa shape index (κ3) is 3.79. The van der Waals surface area contributed by atoms with E-state index in [4.69, 9.17) is 23.2 Å². The largest absolute Gasteiger partial charge is 0.433 e. The highest BCUT2D eigenvalue weighted by Crippen LogP contribution is 2.37. The van der Waals surface area contributed by atoms with Crippen molar-refractivity contribution in [2.24, 2.45) is 0 Å². The summed E-state index contributed by atoms with van der Waals surface area (Å²) in [5.74, 6) is -0.853. The number of rotatable bonds is 3. The van der Waals surface area contributed by atoms with Gasteiger partial charge in [0.2, 0.25) is 0 Å². The fraction of sp³-hybridized carbons (Fsp3) is 0.111. The van der Waals surface area contributed by atoms with Gasteiger partial charge in [-0.15, -0.1) is 0 Å². The monoisotopic (exact) mass is 413 g/mol. The molecule has 1 amide bonds. The molecular weight excluding hydrogens is 402 g/mol. The van der Waals surface area contributed by atoms with Gasteiger partial charge in [-0.3, -0.25) is 9.89 Å². The fourth-order valence-corrected chi connectivity index (χ4v) is 3.17. The number of aromatic amines is 1. The third-order valence-corrected chi connectivity index (χ3v) is 4.49. The van der Waals surface area contributed by atoms with E-state index >= 15 is 0 Å². The molecule has 1 N–H and O–H groups in total. The van der Waals surface area contributed by atoms with E-state index in [2.05, 4.69) is 5.10 Å². The van der Waals surface area contributed by atoms with E-state index in [0.29, 0.717) is 26.9 Å². The van der Waals surface area contributed by atoms with Crippen LogP contribution in [0.2, 0.25) is 10.0 Å². The molecule has 0 aliphatic carbocycles. The minimum atomic E-state index is -4.72. The van der Waals surface area contributed by atoms with Crippen LogP contribution in [0.5, 0.6) is 0 Å². The fourth-order valence-electron chi connectivity index (χ4n) is 2.66. The number of aromatic nitrogens is 2. The molecule has 3 rings (SSSR count). The molecule has 4 nitrogen and oxygen atoms in total. The number of amides is 1. The van der Waals surface area contributed by atoms with E-state index < -0.39 is 23.3 Å². The Bertz CT molecular complexity index is 1000. The second-order valence-corrected chi connectivity index (χ2v) is 6.51. The molecule has 0 fully saturated rings. The number of H-pyrrole nitrogens is 1. The van der Waals surface area contributed by atoms with Crippen molar-refractivity contribution < 1.29 is 18.0 Å². The first-order valence-corrected chi connectivity index (χ1v) is 8.39. The Kier molecular flexibility index (Phi) is 5.17. The third-order valence-electron chi connectivity index (χ3n) is 3.94. The predicted octanol–water partition coefficient (Wildman–Crippen LogP) is 5.68. The molecule has 27 heavy (non-hydrogen) atoms. The van der Waals surface area contributed by atoms with E-state index in [1.807, 2.05) is 5.10 Å². The number of anilines is 1. The maximum absolute atomic E-state index is 13.1. The van der Waals surface area contributed by atoms with Crippen molar-refractivity contribution >= 4 is 34.8 Å². The highest BCUT2D eigenvalue weighted by Gasteiger charge is 2.38. The lowest BCUT2D eigenvalue weighted by Gasteiger charge is -2.21. The number of hydrogen-bond donors (Lipinski definition) is 1. The number of carbonyl (C=O) groups is 1. The average molecular weight is 414 g/mol. The summed E-state index contributed by atoms with van der Waals surface area (Å²) in [5, 5.41) is 6.00. The molecule has 0 saturated heterocycles. The molecule has 3 aromatic rings. The molecule has 1 aromatic heterocycles. The molecule has 0 spiro atoms. The first-order chi connectivity index (χ1) is 12.7. The molecule has 0 unspecified atom stereocenters. The van der Waals surface area contributed by atoms with Gasteiger partial charge in [-0.05, 0) is 18.2 Å². The van der Waals surface area contributed by atoms with Gasteiger partial charge in [-0.25, -0.2) is 0 Å². The van der Waals surface area contributed by atoms with Gasteiger partial charge in [0, 0.05) is 28.2 Å². The Labute approximate surface area is 162 Å². The number of alkyl halides is 3. The molecule has 0 aliphatic rings. The molecule has 2 aromatic carbocycles. The van der Waals surface area contributed by atoms with Crippen molar-refractivity contribution in [3.63, 3.8) is 0 Å². The molecule has 140 valence electrons. The first-order valence-electron chi connectivity index (χ1n) is 7.63. The lowest BCUT2D eigenvalue weighted by atomic mass is 10.0. The van der Waals surface area contributed by atoms with Gasteiger partial charge in [-0.1, -0.05) is 47.5 Å². The molecular formula is C18H12Cl2F3N3O. The minimum absolute atomic E-state index is 0.357. The number of nitrogens with zero attached hydrogens (tertiary/aromatic N) is 2. The van der Waals surface area contributed by atoms with Crippen LogP contribution in [-0.4, -0.2) is 23.2 Å². The Hall–Kier alpha value is -2.51. The number of para-hydroxylation sites is 1. The van der Waals surface area contributed by atoms with Crippen LogP contribution in [0.3, 0.4) is 0 Å². The van der Waals surface area contributed by atoms with E-state index in [1.165, 1.54) is 7.05 Å². The molecule has 9 heteroatoms. The number of hydrogen-bond acceptors (Lipinski definition) is 2. The molecule has 0 saturated carbocycles. The van der Waals surface area contributed by atoms with Crippen LogP contribution in [0.4, 0.5) is 18.9 Å². The van der Waals surface area contributed by atoms with Crippen molar-refractivity contribution in [2.75, 3.05) is 11.9 Å². The smallest absolute Gasteiger partial charge is 0.311 e. The van der Waals surface area contributed by atoms with Gasteiger partial charge in [0.05, 0.1) is 17.4 Å².